The number of methoxy groups -OCH3 is 1. The van der Waals surface area contributed by atoms with Crippen molar-refractivity contribution in [2.24, 2.45) is 0 Å². The molecule has 0 fully saturated rings. The molecule has 100 valence electrons. The van der Waals surface area contributed by atoms with Crippen LogP contribution in [0.2, 0.25) is 5.02 Å². The maximum atomic E-state index is 14.0. The summed E-state index contributed by atoms with van der Waals surface area (Å²) in [5, 5.41) is 10.0. The van der Waals surface area contributed by atoms with Crippen molar-refractivity contribution in [2.75, 3.05) is 7.11 Å². The number of hydrogen-bond donors (Lipinski definition) is 1. The van der Waals surface area contributed by atoms with Crippen LogP contribution in [0.3, 0.4) is 0 Å². The minimum atomic E-state index is -1.24. The van der Waals surface area contributed by atoms with E-state index in [1.807, 2.05) is 0 Å². The van der Waals surface area contributed by atoms with Crippen LogP contribution < -0.4 is 4.74 Å². The smallest absolute Gasteiger partial charge is 0.171 e. The molecule has 1 atom stereocenters. The first-order valence-corrected chi connectivity index (χ1v) is 5.87. The second kappa shape index (κ2) is 5.55. The zero-order valence-electron chi connectivity index (χ0n) is 10.0. The fourth-order valence-corrected chi connectivity index (χ4v) is 1.95. The first-order valence-electron chi connectivity index (χ1n) is 5.50. The molecule has 0 bridgehead atoms. The van der Waals surface area contributed by atoms with Gasteiger partial charge < -0.3 is 9.84 Å². The Bertz CT molecular complexity index is 602. The highest BCUT2D eigenvalue weighted by Crippen LogP contribution is 2.30. The first-order chi connectivity index (χ1) is 9.04. The summed E-state index contributed by atoms with van der Waals surface area (Å²) >= 11 is 5.64. The van der Waals surface area contributed by atoms with Crippen LogP contribution in [0.25, 0.3) is 0 Å². The SMILES string of the molecule is COc1cccc(C(O)c2ccc(F)c(Cl)c2)c1F. The predicted molar refractivity (Wildman–Crippen MR) is 68.4 cm³/mol. The molecule has 0 spiro atoms. The van der Waals surface area contributed by atoms with E-state index >= 15 is 0 Å². The van der Waals surface area contributed by atoms with E-state index < -0.39 is 17.7 Å². The average molecular weight is 285 g/mol. The molecule has 0 aromatic heterocycles. The molecular weight excluding hydrogens is 274 g/mol. The van der Waals surface area contributed by atoms with Crippen LogP contribution >= 0.6 is 11.6 Å². The van der Waals surface area contributed by atoms with Crippen LogP contribution in [0, 0.1) is 11.6 Å². The molecule has 0 amide bonds. The first kappa shape index (κ1) is 13.8. The average Bonchev–Trinajstić information content (AvgIpc) is 2.41. The van der Waals surface area contributed by atoms with Gasteiger partial charge in [-0.05, 0) is 23.8 Å². The highest BCUT2D eigenvalue weighted by molar-refractivity contribution is 6.30. The third kappa shape index (κ3) is 2.69. The van der Waals surface area contributed by atoms with E-state index in [0.717, 1.165) is 6.07 Å². The van der Waals surface area contributed by atoms with Crippen molar-refractivity contribution in [1.82, 2.24) is 0 Å². The van der Waals surface area contributed by atoms with Crippen molar-refractivity contribution < 1.29 is 18.6 Å². The van der Waals surface area contributed by atoms with Crippen LogP contribution in [-0.2, 0) is 0 Å². The van der Waals surface area contributed by atoms with Crippen LogP contribution in [0.4, 0.5) is 8.78 Å². The normalized spacial score (nSPS) is 12.3. The van der Waals surface area contributed by atoms with E-state index in [9.17, 15) is 13.9 Å². The van der Waals surface area contributed by atoms with E-state index in [0.29, 0.717) is 5.56 Å². The van der Waals surface area contributed by atoms with Crippen molar-refractivity contribution in [2.45, 2.75) is 6.10 Å². The van der Waals surface area contributed by atoms with Crippen LogP contribution in [0.5, 0.6) is 5.75 Å². The Balaban J connectivity index is 2.43. The Hall–Kier alpha value is -1.65. The molecule has 2 nitrogen and oxygen atoms in total. The van der Waals surface area contributed by atoms with E-state index in [4.69, 9.17) is 16.3 Å². The Morgan fingerprint density at radius 1 is 1.21 bits per heavy atom. The van der Waals surface area contributed by atoms with E-state index in [2.05, 4.69) is 0 Å². The summed E-state index contributed by atoms with van der Waals surface area (Å²) in [6.07, 6.45) is -1.24. The van der Waals surface area contributed by atoms with Crippen molar-refractivity contribution >= 4 is 11.6 Å². The number of rotatable bonds is 3. The number of benzene rings is 2. The van der Waals surface area contributed by atoms with Gasteiger partial charge in [-0.15, -0.1) is 0 Å². The maximum Gasteiger partial charge on any atom is 0.171 e. The van der Waals surface area contributed by atoms with Crippen molar-refractivity contribution in [3.8, 4) is 5.75 Å². The summed E-state index contributed by atoms with van der Waals surface area (Å²) in [6, 6.07) is 8.18. The molecule has 19 heavy (non-hydrogen) atoms. The van der Waals surface area contributed by atoms with Gasteiger partial charge in [0.2, 0.25) is 0 Å². The zero-order valence-corrected chi connectivity index (χ0v) is 10.8. The second-order valence-electron chi connectivity index (χ2n) is 3.94. The number of ether oxygens (including phenoxy) is 1. The van der Waals surface area contributed by atoms with Gasteiger partial charge in [0.15, 0.2) is 11.6 Å². The van der Waals surface area contributed by atoms with Crippen LogP contribution in [0.15, 0.2) is 36.4 Å². The lowest BCUT2D eigenvalue weighted by Gasteiger charge is -2.14. The molecular formula is C14H11ClF2O2. The molecule has 0 radical (unpaired) electrons. The third-order valence-electron chi connectivity index (χ3n) is 2.77. The summed E-state index contributed by atoms with van der Waals surface area (Å²) in [5.74, 6) is -1.22. The monoisotopic (exact) mass is 284 g/mol. The van der Waals surface area contributed by atoms with Gasteiger partial charge in [-0.3, -0.25) is 0 Å². The minimum absolute atomic E-state index is 0.0322. The molecule has 2 aromatic carbocycles. The standard InChI is InChI=1S/C14H11ClF2O2/c1-19-12-4-2-3-9(13(12)17)14(18)8-5-6-11(16)10(15)7-8/h2-7,14,18H,1H3. The van der Waals surface area contributed by atoms with Gasteiger partial charge in [-0.2, -0.15) is 0 Å². The summed E-state index contributed by atoms with van der Waals surface area (Å²) in [5.41, 5.74) is 0.348. The van der Waals surface area contributed by atoms with Crippen molar-refractivity contribution in [1.29, 1.82) is 0 Å². The topological polar surface area (TPSA) is 29.5 Å². The summed E-state index contributed by atoms with van der Waals surface area (Å²) < 4.78 is 31.9. The highest BCUT2D eigenvalue weighted by Gasteiger charge is 2.18. The number of hydrogen-bond acceptors (Lipinski definition) is 2. The molecule has 0 aliphatic heterocycles. The molecule has 1 N–H and O–H groups in total. The fraction of sp³-hybridized carbons (Fsp3) is 0.143. The van der Waals surface area contributed by atoms with Gasteiger partial charge in [0, 0.05) is 5.56 Å². The Morgan fingerprint density at radius 2 is 1.95 bits per heavy atom. The van der Waals surface area contributed by atoms with Crippen LogP contribution in [-0.4, -0.2) is 12.2 Å². The third-order valence-corrected chi connectivity index (χ3v) is 3.06. The lowest BCUT2D eigenvalue weighted by atomic mass is 10.0. The molecule has 0 saturated carbocycles. The number of halogens is 3. The molecule has 5 heteroatoms. The fourth-order valence-electron chi connectivity index (χ4n) is 1.76. The van der Waals surface area contributed by atoms with Gasteiger partial charge in [0.25, 0.3) is 0 Å². The molecule has 1 unspecified atom stereocenters. The lowest BCUT2D eigenvalue weighted by Crippen LogP contribution is -2.04. The largest absolute Gasteiger partial charge is 0.494 e. The van der Waals surface area contributed by atoms with Gasteiger partial charge in [-0.1, -0.05) is 29.8 Å². The van der Waals surface area contributed by atoms with Gasteiger partial charge in [0.1, 0.15) is 11.9 Å². The maximum absolute atomic E-state index is 14.0. The molecule has 0 saturated heterocycles. The Morgan fingerprint density at radius 3 is 2.58 bits per heavy atom. The predicted octanol–water partition coefficient (Wildman–Crippen LogP) is 3.71. The molecule has 0 aliphatic carbocycles. The van der Waals surface area contributed by atoms with Gasteiger partial charge in [-0.25, -0.2) is 8.78 Å². The Kier molecular flexibility index (Phi) is 4.02. The second-order valence-corrected chi connectivity index (χ2v) is 4.35. The van der Waals surface area contributed by atoms with E-state index in [1.54, 1.807) is 6.07 Å². The molecule has 0 heterocycles. The zero-order chi connectivity index (χ0) is 14.0. The Labute approximate surface area is 114 Å². The highest BCUT2D eigenvalue weighted by atomic mass is 35.5. The quantitative estimate of drug-likeness (QED) is 0.931. The minimum Gasteiger partial charge on any atom is -0.494 e. The lowest BCUT2D eigenvalue weighted by molar-refractivity contribution is 0.213. The molecule has 2 aromatic rings. The molecule has 2 rings (SSSR count). The number of aliphatic hydroxyl groups is 1. The summed E-state index contributed by atoms with van der Waals surface area (Å²) in [6.45, 7) is 0. The number of aliphatic hydroxyl groups excluding tert-OH is 1. The van der Waals surface area contributed by atoms with Crippen molar-refractivity contribution in [3.63, 3.8) is 0 Å². The summed E-state index contributed by atoms with van der Waals surface area (Å²) in [7, 11) is 1.34. The summed E-state index contributed by atoms with van der Waals surface area (Å²) in [4.78, 5) is 0. The van der Waals surface area contributed by atoms with Crippen LogP contribution in [0.1, 0.15) is 17.2 Å². The van der Waals surface area contributed by atoms with Gasteiger partial charge in [0.05, 0.1) is 12.1 Å². The molecule has 0 aliphatic rings. The van der Waals surface area contributed by atoms with E-state index in [-0.39, 0.29) is 16.3 Å². The van der Waals surface area contributed by atoms with Gasteiger partial charge >= 0.3 is 0 Å². The van der Waals surface area contributed by atoms with Crippen molar-refractivity contribution in [3.05, 3.63) is 64.2 Å². The van der Waals surface area contributed by atoms with E-state index in [1.165, 1.54) is 31.4 Å².